The smallest absolute Gasteiger partial charge is 0.350 e. The van der Waals surface area contributed by atoms with Crippen LogP contribution in [-0.2, 0) is 6.54 Å². The number of benzene rings is 2. The minimum Gasteiger partial charge on any atom is -0.497 e. The molecule has 0 aliphatic heterocycles. The predicted molar refractivity (Wildman–Crippen MR) is 100 cm³/mol. The van der Waals surface area contributed by atoms with Gasteiger partial charge in [-0.25, -0.2) is 9.78 Å². The van der Waals surface area contributed by atoms with Crippen LogP contribution in [0.2, 0.25) is 5.02 Å². The fraction of sp³-hybridized carbons (Fsp3) is 0.111. The van der Waals surface area contributed by atoms with Gasteiger partial charge in [-0.3, -0.25) is 9.67 Å². The number of hydrogen-bond donors (Lipinski definition) is 1. The molecule has 0 aliphatic carbocycles. The molecule has 2 heterocycles. The van der Waals surface area contributed by atoms with Gasteiger partial charge in [0, 0.05) is 10.6 Å². The minimum atomic E-state index is -0.274. The first-order valence-electron chi connectivity index (χ1n) is 8.10. The van der Waals surface area contributed by atoms with E-state index < -0.39 is 0 Å². The van der Waals surface area contributed by atoms with Crippen molar-refractivity contribution < 1.29 is 4.74 Å². The Hall–Kier alpha value is -3.39. The Balaban J connectivity index is 1.56. The maximum atomic E-state index is 12.6. The molecule has 0 amide bonds. The first-order valence-corrected chi connectivity index (χ1v) is 8.48. The van der Waals surface area contributed by atoms with Crippen LogP contribution in [0.1, 0.15) is 5.82 Å². The summed E-state index contributed by atoms with van der Waals surface area (Å²) in [5.41, 5.74) is 1.21. The van der Waals surface area contributed by atoms with Gasteiger partial charge >= 0.3 is 5.69 Å². The van der Waals surface area contributed by atoms with E-state index in [9.17, 15) is 4.79 Å². The second-order valence-corrected chi connectivity index (χ2v) is 6.20. The molecule has 0 bridgehead atoms. The fourth-order valence-corrected chi connectivity index (χ4v) is 2.72. The van der Waals surface area contributed by atoms with Crippen molar-refractivity contribution in [1.82, 2.24) is 29.5 Å². The lowest BCUT2D eigenvalue weighted by molar-refractivity contribution is 0.414. The number of nitrogens with zero attached hydrogens (tertiary/aromatic N) is 5. The third kappa shape index (κ3) is 3.47. The molecule has 136 valence electrons. The molecule has 0 saturated carbocycles. The molecule has 0 unspecified atom stereocenters. The summed E-state index contributed by atoms with van der Waals surface area (Å²) in [5.74, 6) is 1.80. The standard InChI is InChI=1S/C18H15ClN6O2/c1-27-15-8-6-14(7-9-15)25-18(26)24(11-20-25)10-16-21-17(23-22-16)12-2-4-13(19)5-3-12/h2-9,11H,10H2,1H3,(H,21,22,23). The number of aromatic nitrogens is 6. The molecular weight excluding hydrogens is 368 g/mol. The Morgan fingerprint density at radius 1 is 1.11 bits per heavy atom. The molecule has 0 spiro atoms. The third-order valence-electron chi connectivity index (χ3n) is 4.00. The van der Waals surface area contributed by atoms with Crippen LogP contribution in [0.25, 0.3) is 17.1 Å². The summed E-state index contributed by atoms with van der Waals surface area (Å²) >= 11 is 5.90. The van der Waals surface area contributed by atoms with Gasteiger partial charge in [-0.15, -0.1) is 0 Å². The molecule has 9 heteroatoms. The van der Waals surface area contributed by atoms with Crippen molar-refractivity contribution in [2.45, 2.75) is 6.54 Å². The normalized spacial score (nSPS) is 10.9. The van der Waals surface area contributed by atoms with E-state index >= 15 is 0 Å². The molecule has 0 saturated heterocycles. The summed E-state index contributed by atoms with van der Waals surface area (Å²) in [4.78, 5) is 17.0. The lowest BCUT2D eigenvalue weighted by Crippen LogP contribution is -2.24. The van der Waals surface area contributed by atoms with Gasteiger partial charge in [0.1, 0.15) is 17.9 Å². The largest absolute Gasteiger partial charge is 0.497 e. The van der Waals surface area contributed by atoms with E-state index in [0.29, 0.717) is 28.1 Å². The van der Waals surface area contributed by atoms with E-state index in [2.05, 4.69) is 20.3 Å². The summed E-state index contributed by atoms with van der Waals surface area (Å²) < 4.78 is 7.90. The topological polar surface area (TPSA) is 90.6 Å². The van der Waals surface area contributed by atoms with E-state index in [-0.39, 0.29) is 12.2 Å². The summed E-state index contributed by atoms with van der Waals surface area (Å²) in [5, 5.41) is 11.8. The highest BCUT2D eigenvalue weighted by Gasteiger charge is 2.11. The summed E-state index contributed by atoms with van der Waals surface area (Å²) in [6.07, 6.45) is 1.47. The van der Waals surface area contributed by atoms with Gasteiger partial charge in [-0.1, -0.05) is 11.6 Å². The van der Waals surface area contributed by atoms with Crippen LogP contribution >= 0.6 is 11.6 Å². The SMILES string of the molecule is COc1ccc(-n2ncn(Cc3nc(-c4ccc(Cl)cc4)n[nH]3)c2=O)cc1. The van der Waals surface area contributed by atoms with Gasteiger partial charge in [0.05, 0.1) is 19.3 Å². The Morgan fingerprint density at radius 3 is 2.56 bits per heavy atom. The second-order valence-electron chi connectivity index (χ2n) is 5.76. The zero-order valence-electron chi connectivity index (χ0n) is 14.3. The fourth-order valence-electron chi connectivity index (χ4n) is 2.60. The van der Waals surface area contributed by atoms with Crippen LogP contribution in [0.3, 0.4) is 0 Å². The van der Waals surface area contributed by atoms with Crippen molar-refractivity contribution >= 4 is 11.6 Å². The highest BCUT2D eigenvalue weighted by molar-refractivity contribution is 6.30. The van der Waals surface area contributed by atoms with Crippen molar-refractivity contribution in [2.24, 2.45) is 0 Å². The van der Waals surface area contributed by atoms with Gasteiger partial charge in [-0.2, -0.15) is 14.9 Å². The summed E-state index contributed by atoms with van der Waals surface area (Å²) in [7, 11) is 1.59. The zero-order valence-corrected chi connectivity index (χ0v) is 15.1. The molecule has 4 rings (SSSR count). The van der Waals surface area contributed by atoms with Gasteiger partial charge in [0.2, 0.25) is 0 Å². The molecule has 1 N–H and O–H groups in total. The van der Waals surface area contributed by atoms with Crippen LogP contribution in [0.4, 0.5) is 0 Å². The Kier molecular flexibility index (Phi) is 4.47. The highest BCUT2D eigenvalue weighted by atomic mass is 35.5. The molecule has 4 aromatic rings. The molecule has 2 aromatic heterocycles. The average Bonchev–Trinajstić information content (AvgIpc) is 3.30. The Morgan fingerprint density at radius 2 is 1.85 bits per heavy atom. The number of halogens is 1. The summed E-state index contributed by atoms with van der Waals surface area (Å²) in [6, 6.07) is 14.3. The van der Waals surface area contributed by atoms with E-state index in [4.69, 9.17) is 16.3 Å². The first-order chi connectivity index (χ1) is 13.1. The zero-order chi connectivity index (χ0) is 18.8. The van der Waals surface area contributed by atoms with E-state index in [0.717, 1.165) is 5.56 Å². The van der Waals surface area contributed by atoms with Crippen molar-refractivity contribution in [3.8, 4) is 22.8 Å². The molecule has 0 aliphatic rings. The number of aromatic amines is 1. The number of ether oxygens (including phenoxy) is 1. The van der Waals surface area contributed by atoms with Crippen molar-refractivity contribution in [3.63, 3.8) is 0 Å². The lowest BCUT2D eigenvalue weighted by Gasteiger charge is -2.02. The minimum absolute atomic E-state index is 0.232. The monoisotopic (exact) mass is 382 g/mol. The summed E-state index contributed by atoms with van der Waals surface area (Å²) in [6.45, 7) is 0.232. The van der Waals surface area contributed by atoms with Crippen LogP contribution < -0.4 is 10.4 Å². The average molecular weight is 383 g/mol. The molecular formula is C18H15ClN6O2. The third-order valence-corrected chi connectivity index (χ3v) is 4.26. The molecule has 0 atom stereocenters. The molecule has 2 aromatic carbocycles. The van der Waals surface area contributed by atoms with Gasteiger partial charge in [-0.05, 0) is 48.5 Å². The highest BCUT2D eigenvalue weighted by Crippen LogP contribution is 2.18. The maximum absolute atomic E-state index is 12.6. The quantitative estimate of drug-likeness (QED) is 0.572. The number of methoxy groups -OCH3 is 1. The van der Waals surface area contributed by atoms with Crippen LogP contribution in [0, 0.1) is 0 Å². The number of hydrogen-bond acceptors (Lipinski definition) is 5. The van der Waals surface area contributed by atoms with Crippen LogP contribution in [0.5, 0.6) is 5.75 Å². The van der Waals surface area contributed by atoms with Gasteiger partial charge in [0.15, 0.2) is 5.82 Å². The van der Waals surface area contributed by atoms with E-state index in [1.165, 1.54) is 15.6 Å². The van der Waals surface area contributed by atoms with Gasteiger partial charge < -0.3 is 4.74 Å². The van der Waals surface area contributed by atoms with Crippen LogP contribution in [-0.4, -0.2) is 36.6 Å². The predicted octanol–water partition coefficient (Wildman–Crippen LogP) is 2.53. The molecule has 27 heavy (non-hydrogen) atoms. The van der Waals surface area contributed by atoms with Crippen molar-refractivity contribution in [1.29, 1.82) is 0 Å². The van der Waals surface area contributed by atoms with E-state index in [1.54, 1.807) is 43.5 Å². The Bertz CT molecular complexity index is 1110. The van der Waals surface area contributed by atoms with E-state index in [1.807, 2.05) is 12.1 Å². The van der Waals surface area contributed by atoms with Crippen LogP contribution in [0.15, 0.2) is 59.7 Å². The number of nitrogens with one attached hydrogen (secondary N) is 1. The number of rotatable bonds is 5. The van der Waals surface area contributed by atoms with Crippen molar-refractivity contribution in [3.05, 3.63) is 76.2 Å². The molecule has 8 nitrogen and oxygen atoms in total. The Labute approximate surface area is 159 Å². The molecule has 0 radical (unpaired) electrons. The van der Waals surface area contributed by atoms with Gasteiger partial charge in [0.25, 0.3) is 0 Å². The second kappa shape index (κ2) is 7.08. The maximum Gasteiger partial charge on any atom is 0.350 e. The lowest BCUT2D eigenvalue weighted by atomic mass is 10.2. The van der Waals surface area contributed by atoms with Crippen molar-refractivity contribution in [2.75, 3.05) is 7.11 Å². The first kappa shape index (κ1) is 17.0. The molecule has 0 fully saturated rings. The number of H-pyrrole nitrogens is 1.